The number of halogens is 3. The molecule has 0 saturated heterocycles. The van der Waals surface area contributed by atoms with E-state index in [1.807, 2.05) is 42.7 Å². The monoisotopic (exact) mass is 523 g/mol. The van der Waals surface area contributed by atoms with E-state index in [1.165, 1.54) is 30.2 Å². The van der Waals surface area contributed by atoms with Crippen molar-refractivity contribution in [1.82, 2.24) is 14.8 Å². The zero-order valence-electron chi connectivity index (χ0n) is 16.6. The van der Waals surface area contributed by atoms with Gasteiger partial charge in [0.2, 0.25) is 4.73 Å². The summed E-state index contributed by atoms with van der Waals surface area (Å²) in [6.45, 7) is 4.01. The minimum Gasteiger partial charge on any atom is -0.298 e. The van der Waals surface area contributed by atoms with Gasteiger partial charge in [-0.1, -0.05) is 53.2 Å². The zero-order valence-corrected chi connectivity index (χ0v) is 20.5. The van der Waals surface area contributed by atoms with Crippen LogP contribution in [-0.2, 0) is 11.2 Å². The molecule has 1 heterocycles. The molecule has 0 unspecified atom stereocenters. The topological polar surface area (TPSA) is 47.8 Å². The van der Waals surface area contributed by atoms with Crippen molar-refractivity contribution in [3.05, 3.63) is 67.4 Å². The van der Waals surface area contributed by atoms with Crippen molar-refractivity contribution in [2.24, 2.45) is 0 Å². The molecule has 3 aromatic rings. The summed E-state index contributed by atoms with van der Waals surface area (Å²) < 4.78 is 2.42. The molecule has 1 aliphatic rings. The van der Waals surface area contributed by atoms with Crippen molar-refractivity contribution in [2.75, 3.05) is 5.75 Å². The third kappa shape index (κ3) is 4.77. The lowest BCUT2D eigenvalue weighted by Crippen LogP contribution is -2.08. The van der Waals surface area contributed by atoms with Gasteiger partial charge >= 0.3 is 0 Å². The molecule has 1 aromatic heterocycles. The molecule has 2 aromatic carbocycles. The predicted molar refractivity (Wildman–Crippen MR) is 126 cm³/mol. The maximum Gasteiger partial charge on any atom is 0.205 e. The molecule has 30 heavy (non-hydrogen) atoms. The minimum atomic E-state index is 0.0725. The maximum absolute atomic E-state index is 12.6. The second kappa shape index (κ2) is 9.03. The maximum atomic E-state index is 12.6. The largest absolute Gasteiger partial charge is 0.298 e. The van der Waals surface area contributed by atoms with Gasteiger partial charge < -0.3 is 0 Å². The fourth-order valence-electron chi connectivity index (χ4n) is 3.44. The van der Waals surface area contributed by atoms with Gasteiger partial charge in [-0.15, -0.1) is 10.2 Å². The van der Waals surface area contributed by atoms with Crippen LogP contribution in [0.1, 0.15) is 41.0 Å². The molecule has 0 bridgehead atoms. The number of aromatic nitrogens is 3. The Bertz CT molecular complexity index is 1100. The van der Waals surface area contributed by atoms with Crippen LogP contribution in [0.4, 0.5) is 0 Å². The number of rotatable bonds is 7. The van der Waals surface area contributed by atoms with Crippen molar-refractivity contribution < 1.29 is 4.79 Å². The molecule has 0 N–H and O–H groups in total. The fourth-order valence-corrected chi connectivity index (χ4v) is 5.44. The number of carbonyl (C=O) groups is 1. The summed E-state index contributed by atoms with van der Waals surface area (Å²) in [5.41, 5.74) is 5.09. The number of hydrogen-bond donors (Lipinski definition) is 0. The van der Waals surface area contributed by atoms with Crippen LogP contribution in [0, 0.1) is 13.8 Å². The quantitative estimate of drug-likeness (QED) is 0.321. The van der Waals surface area contributed by atoms with E-state index in [1.54, 1.807) is 0 Å². The number of hydrogen-bond acceptors (Lipinski definition) is 4. The normalized spacial score (nSPS) is 13.6. The molecular formula is C22H20BrCl2N3OS. The van der Waals surface area contributed by atoms with Crippen LogP contribution < -0.4 is 0 Å². The average molecular weight is 525 g/mol. The first-order valence-corrected chi connectivity index (χ1v) is 12.2. The van der Waals surface area contributed by atoms with E-state index in [9.17, 15) is 4.79 Å². The molecule has 4 nitrogen and oxygen atoms in total. The number of aryl methyl sites for hydroxylation is 2. The summed E-state index contributed by atoms with van der Waals surface area (Å²) in [7, 11) is 0. The Morgan fingerprint density at radius 1 is 1.17 bits per heavy atom. The first kappa shape index (κ1) is 21.9. The van der Waals surface area contributed by atoms with E-state index in [0.717, 1.165) is 22.4 Å². The molecule has 0 amide bonds. The molecule has 4 rings (SSSR count). The highest BCUT2D eigenvalue weighted by atomic mass is 79.9. The SMILES string of the molecule is Cc1ccc(CC(=O)CSc2nnc(Br)n2-c2c(C)cc(C3CC3)cc2Cl)c(Cl)c1. The van der Waals surface area contributed by atoms with Crippen LogP contribution in [0.15, 0.2) is 40.2 Å². The van der Waals surface area contributed by atoms with E-state index in [0.29, 0.717) is 25.9 Å². The lowest BCUT2D eigenvalue weighted by atomic mass is 10.1. The van der Waals surface area contributed by atoms with Gasteiger partial charge in [0.15, 0.2) is 5.16 Å². The van der Waals surface area contributed by atoms with Gasteiger partial charge in [0.1, 0.15) is 5.78 Å². The Labute approximate surface area is 198 Å². The Morgan fingerprint density at radius 2 is 1.93 bits per heavy atom. The Morgan fingerprint density at radius 3 is 2.60 bits per heavy atom. The third-order valence-electron chi connectivity index (χ3n) is 5.10. The highest BCUT2D eigenvalue weighted by Crippen LogP contribution is 2.43. The number of Topliss-reactive ketones (excluding diaryl/α,β-unsaturated/α-hetero) is 1. The highest BCUT2D eigenvalue weighted by Gasteiger charge is 2.26. The molecule has 0 aliphatic heterocycles. The third-order valence-corrected chi connectivity index (χ3v) is 7.24. The molecule has 0 radical (unpaired) electrons. The van der Waals surface area contributed by atoms with Crippen LogP contribution >= 0.6 is 50.9 Å². The molecule has 1 saturated carbocycles. The summed E-state index contributed by atoms with van der Waals surface area (Å²) >= 11 is 17.7. The van der Waals surface area contributed by atoms with Gasteiger partial charge in [-0.2, -0.15) is 0 Å². The van der Waals surface area contributed by atoms with Crippen LogP contribution in [0.3, 0.4) is 0 Å². The second-order valence-electron chi connectivity index (χ2n) is 7.63. The molecule has 1 aliphatic carbocycles. The van der Waals surface area contributed by atoms with Crippen LogP contribution in [0.25, 0.3) is 5.69 Å². The lowest BCUT2D eigenvalue weighted by molar-refractivity contribution is -0.116. The predicted octanol–water partition coefficient (Wildman–Crippen LogP) is 6.73. The number of ketones is 1. The first-order valence-electron chi connectivity index (χ1n) is 9.64. The van der Waals surface area contributed by atoms with Crippen molar-refractivity contribution >= 4 is 56.7 Å². The van der Waals surface area contributed by atoms with Gasteiger partial charge in [0.25, 0.3) is 0 Å². The lowest BCUT2D eigenvalue weighted by Gasteiger charge is -2.14. The Hall–Kier alpha value is -1.34. The number of benzene rings is 2. The standard InChI is InChI=1S/C22H20BrCl2N3OS/c1-12-3-4-15(18(24)7-12)9-17(29)11-30-22-27-26-21(23)28(22)20-13(2)8-16(10-19(20)25)14-5-6-14/h3-4,7-8,10,14H,5-6,9,11H2,1-2H3. The van der Waals surface area contributed by atoms with Gasteiger partial charge in [0, 0.05) is 11.4 Å². The van der Waals surface area contributed by atoms with Crippen molar-refractivity contribution in [3.63, 3.8) is 0 Å². The highest BCUT2D eigenvalue weighted by molar-refractivity contribution is 9.10. The second-order valence-corrected chi connectivity index (χ2v) is 10.1. The van der Waals surface area contributed by atoms with E-state index in [4.69, 9.17) is 23.2 Å². The number of nitrogens with zero attached hydrogens (tertiary/aromatic N) is 3. The van der Waals surface area contributed by atoms with Gasteiger partial charge in [-0.05, 0) is 82.9 Å². The Kier molecular flexibility index (Phi) is 6.58. The van der Waals surface area contributed by atoms with Crippen LogP contribution in [0.2, 0.25) is 10.0 Å². The van der Waals surface area contributed by atoms with Crippen LogP contribution in [-0.4, -0.2) is 26.3 Å². The van der Waals surface area contributed by atoms with Crippen molar-refractivity contribution in [3.8, 4) is 5.69 Å². The van der Waals surface area contributed by atoms with Gasteiger partial charge in [-0.25, -0.2) is 0 Å². The number of thioether (sulfide) groups is 1. The summed E-state index contributed by atoms with van der Waals surface area (Å²) in [5.74, 6) is 0.967. The molecule has 1 fully saturated rings. The summed E-state index contributed by atoms with van der Waals surface area (Å²) in [6.07, 6.45) is 2.73. The molecule has 0 atom stereocenters. The van der Waals surface area contributed by atoms with E-state index in [-0.39, 0.29) is 18.0 Å². The fraction of sp³-hybridized carbons (Fsp3) is 0.318. The Balaban J connectivity index is 1.52. The molecule has 8 heteroatoms. The first-order chi connectivity index (χ1) is 14.3. The van der Waals surface area contributed by atoms with E-state index in [2.05, 4.69) is 32.2 Å². The smallest absolute Gasteiger partial charge is 0.205 e. The summed E-state index contributed by atoms with van der Waals surface area (Å²) in [6, 6.07) is 9.97. The van der Waals surface area contributed by atoms with Gasteiger partial charge in [-0.3, -0.25) is 9.36 Å². The number of carbonyl (C=O) groups excluding carboxylic acids is 1. The average Bonchev–Trinajstić information content (AvgIpc) is 3.47. The molecular weight excluding hydrogens is 505 g/mol. The van der Waals surface area contributed by atoms with E-state index < -0.39 is 0 Å². The zero-order chi connectivity index (χ0) is 21.4. The van der Waals surface area contributed by atoms with Crippen molar-refractivity contribution in [2.45, 2.75) is 44.2 Å². The summed E-state index contributed by atoms with van der Waals surface area (Å²) in [4.78, 5) is 12.6. The van der Waals surface area contributed by atoms with Gasteiger partial charge in [0.05, 0.1) is 16.5 Å². The van der Waals surface area contributed by atoms with E-state index >= 15 is 0 Å². The van der Waals surface area contributed by atoms with Crippen LogP contribution in [0.5, 0.6) is 0 Å². The van der Waals surface area contributed by atoms with Crippen molar-refractivity contribution in [1.29, 1.82) is 0 Å². The molecule has 156 valence electrons. The summed E-state index contributed by atoms with van der Waals surface area (Å²) in [5, 5.41) is 10.3. The minimum absolute atomic E-state index is 0.0725. The molecule has 0 spiro atoms.